The second-order valence-corrected chi connectivity index (χ2v) is 6.21. The monoisotopic (exact) mass is 382 g/mol. The fourth-order valence-electron chi connectivity index (χ4n) is 2.92. The van der Waals surface area contributed by atoms with Crippen molar-refractivity contribution in [2.75, 3.05) is 6.54 Å². The number of hydrogen-bond donors (Lipinski definition) is 2. The van der Waals surface area contributed by atoms with E-state index in [9.17, 15) is 18.3 Å². The van der Waals surface area contributed by atoms with E-state index in [2.05, 4.69) is 34.1 Å². The van der Waals surface area contributed by atoms with Crippen LogP contribution in [0.5, 0.6) is 0 Å². The highest BCUT2D eigenvalue weighted by molar-refractivity contribution is 5.73. The Morgan fingerprint density at radius 1 is 1.15 bits per heavy atom. The first-order valence-corrected chi connectivity index (χ1v) is 8.43. The van der Waals surface area contributed by atoms with Crippen LogP contribution in [0.3, 0.4) is 0 Å². The van der Waals surface area contributed by atoms with Gasteiger partial charge in [0, 0.05) is 25.3 Å². The fourth-order valence-corrected chi connectivity index (χ4v) is 2.92. The van der Waals surface area contributed by atoms with E-state index in [1.807, 2.05) is 30.5 Å². The number of halogens is 3. The number of carbonyl (C=O) groups is 1. The van der Waals surface area contributed by atoms with E-state index in [0.29, 0.717) is 0 Å². The molecule has 2 N–H and O–H groups in total. The van der Waals surface area contributed by atoms with Crippen LogP contribution in [-0.2, 0) is 17.8 Å². The molecule has 1 saturated heterocycles. The van der Waals surface area contributed by atoms with Gasteiger partial charge in [0.1, 0.15) is 0 Å². The second kappa shape index (κ2) is 9.48. The molecule has 3 rings (SSSR count). The summed E-state index contributed by atoms with van der Waals surface area (Å²) in [6, 6.07) is 16.6. The third kappa shape index (κ3) is 6.65. The first kappa shape index (κ1) is 20.9. The molecular formula is C19H21F3N2O3. The highest BCUT2D eigenvalue weighted by Crippen LogP contribution is 2.23. The predicted octanol–water partition coefficient (Wildman–Crippen LogP) is 2.89. The third-order valence-electron chi connectivity index (χ3n) is 4.25. The van der Waals surface area contributed by atoms with E-state index in [4.69, 9.17) is 9.90 Å². The number of aliphatic hydroxyl groups is 1. The molecule has 1 fully saturated rings. The molecule has 1 aliphatic rings. The number of carboxylic acids is 1. The van der Waals surface area contributed by atoms with Gasteiger partial charge in [-0.3, -0.25) is 9.88 Å². The number of alkyl halides is 3. The van der Waals surface area contributed by atoms with Gasteiger partial charge in [0.2, 0.25) is 0 Å². The first-order valence-electron chi connectivity index (χ1n) is 8.43. The van der Waals surface area contributed by atoms with Crippen LogP contribution in [-0.4, -0.2) is 50.9 Å². The largest absolute Gasteiger partial charge is 0.490 e. The lowest BCUT2D eigenvalue weighted by Gasteiger charge is -2.26. The van der Waals surface area contributed by atoms with E-state index >= 15 is 0 Å². The Labute approximate surface area is 155 Å². The summed E-state index contributed by atoms with van der Waals surface area (Å²) >= 11 is 0. The lowest BCUT2D eigenvalue weighted by Crippen LogP contribution is -2.36. The topological polar surface area (TPSA) is 73.7 Å². The van der Waals surface area contributed by atoms with E-state index in [1.165, 1.54) is 5.56 Å². The lowest BCUT2D eigenvalue weighted by atomic mass is 10.0. The van der Waals surface area contributed by atoms with Gasteiger partial charge in [0.15, 0.2) is 0 Å². The summed E-state index contributed by atoms with van der Waals surface area (Å²) in [6.07, 6.45) is -1.74. The van der Waals surface area contributed by atoms with Crippen LogP contribution in [0.25, 0.3) is 0 Å². The summed E-state index contributed by atoms with van der Waals surface area (Å²) in [4.78, 5) is 15.6. The minimum atomic E-state index is -5.08. The van der Waals surface area contributed by atoms with Crippen LogP contribution in [0, 0.1) is 0 Å². The Kier molecular flexibility index (Phi) is 7.32. The minimum absolute atomic E-state index is 0.194. The van der Waals surface area contributed by atoms with Crippen LogP contribution >= 0.6 is 0 Å². The van der Waals surface area contributed by atoms with Crippen molar-refractivity contribution in [2.24, 2.45) is 0 Å². The Morgan fingerprint density at radius 3 is 2.33 bits per heavy atom. The molecule has 2 aromatic rings. The SMILES string of the molecule is O=C(O)C(F)(F)F.O[C@@H]1CCN(Cc2ccccn2)[C@H]1Cc1ccccc1. The number of nitrogens with zero attached hydrogens (tertiary/aromatic N) is 2. The molecule has 0 aliphatic carbocycles. The number of carboxylic acid groups (broad SMARTS) is 1. The summed E-state index contributed by atoms with van der Waals surface area (Å²) in [5.74, 6) is -2.76. The molecule has 1 aromatic heterocycles. The average molecular weight is 382 g/mol. The van der Waals surface area contributed by atoms with Gasteiger partial charge in [-0.15, -0.1) is 0 Å². The maximum atomic E-state index is 10.6. The summed E-state index contributed by atoms with van der Waals surface area (Å²) in [5.41, 5.74) is 2.35. The van der Waals surface area contributed by atoms with Gasteiger partial charge in [-0.1, -0.05) is 36.4 Å². The zero-order valence-electron chi connectivity index (χ0n) is 14.5. The van der Waals surface area contributed by atoms with Gasteiger partial charge >= 0.3 is 12.1 Å². The maximum Gasteiger partial charge on any atom is 0.490 e. The van der Waals surface area contributed by atoms with Crippen LogP contribution in [0.1, 0.15) is 17.7 Å². The molecule has 1 aromatic carbocycles. The Morgan fingerprint density at radius 2 is 1.78 bits per heavy atom. The highest BCUT2D eigenvalue weighted by Gasteiger charge is 2.38. The molecule has 2 atom stereocenters. The maximum absolute atomic E-state index is 10.6. The van der Waals surface area contributed by atoms with Gasteiger partial charge in [0.25, 0.3) is 0 Å². The molecule has 0 saturated carbocycles. The van der Waals surface area contributed by atoms with Crippen molar-refractivity contribution in [1.82, 2.24) is 9.88 Å². The summed E-state index contributed by atoms with van der Waals surface area (Å²) in [6.45, 7) is 1.75. The Balaban J connectivity index is 0.000000321. The number of aromatic nitrogens is 1. The minimum Gasteiger partial charge on any atom is -0.475 e. The van der Waals surface area contributed by atoms with Gasteiger partial charge < -0.3 is 10.2 Å². The fraction of sp³-hybridized carbons (Fsp3) is 0.368. The van der Waals surface area contributed by atoms with Crippen molar-refractivity contribution in [3.63, 3.8) is 0 Å². The van der Waals surface area contributed by atoms with Crippen LogP contribution < -0.4 is 0 Å². The average Bonchev–Trinajstić information content (AvgIpc) is 2.96. The summed E-state index contributed by atoms with van der Waals surface area (Å²) in [7, 11) is 0. The molecule has 0 amide bonds. The summed E-state index contributed by atoms with van der Waals surface area (Å²) in [5, 5.41) is 17.4. The molecule has 1 aliphatic heterocycles. The number of benzene rings is 1. The van der Waals surface area contributed by atoms with Crippen molar-refractivity contribution < 1.29 is 28.2 Å². The zero-order chi connectivity index (χ0) is 19.9. The van der Waals surface area contributed by atoms with Crippen molar-refractivity contribution in [3.05, 3.63) is 66.0 Å². The van der Waals surface area contributed by atoms with Crippen molar-refractivity contribution in [2.45, 2.75) is 37.7 Å². The quantitative estimate of drug-likeness (QED) is 0.851. The molecular weight excluding hydrogens is 361 g/mol. The number of pyridine rings is 1. The molecule has 8 heteroatoms. The van der Waals surface area contributed by atoms with E-state index in [0.717, 1.165) is 31.6 Å². The normalized spacial score (nSPS) is 20.0. The molecule has 0 bridgehead atoms. The Bertz CT molecular complexity index is 711. The molecule has 27 heavy (non-hydrogen) atoms. The molecule has 2 heterocycles. The van der Waals surface area contributed by atoms with Crippen LogP contribution in [0.2, 0.25) is 0 Å². The molecule has 0 radical (unpaired) electrons. The van der Waals surface area contributed by atoms with Crippen molar-refractivity contribution in [3.8, 4) is 0 Å². The van der Waals surface area contributed by atoms with Crippen LogP contribution in [0.4, 0.5) is 13.2 Å². The standard InChI is InChI=1S/C17H20N2O.C2HF3O2/c20-17-9-11-19(13-15-8-4-5-10-18-15)16(17)12-14-6-2-1-3-7-14;3-2(4,5)1(6)7/h1-8,10,16-17,20H,9,11-13H2;(H,6,7)/t16-,17+;/m0./s1. The van der Waals surface area contributed by atoms with Gasteiger partial charge in [0.05, 0.1) is 11.8 Å². The van der Waals surface area contributed by atoms with Crippen molar-refractivity contribution >= 4 is 5.97 Å². The number of hydrogen-bond acceptors (Lipinski definition) is 4. The van der Waals surface area contributed by atoms with Gasteiger partial charge in [-0.25, -0.2) is 4.79 Å². The van der Waals surface area contributed by atoms with Crippen molar-refractivity contribution in [1.29, 1.82) is 0 Å². The predicted molar refractivity (Wildman–Crippen MR) is 92.9 cm³/mol. The highest BCUT2D eigenvalue weighted by atomic mass is 19.4. The second-order valence-electron chi connectivity index (χ2n) is 6.21. The van der Waals surface area contributed by atoms with Crippen LogP contribution in [0.15, 0.2) is 54.7 Å². The Hall–Kier alpha value is -2.45. The third-order valence-corrected chi connectivity index (χ3v) is 4.25. The van der Waals surface area contributed by atoms with E-state index in [1.54, 1.807) is 0 Å². The molecule has 5 nitrogen and oxygen atoms in total. The zero-order valence-corrected chi connectivity index (χ0v) is 14.5. The van der Waals surface area contributed by atoms with E-state index < -0.39 is 12.1 Å². The number of aliphatic hydroxyl groups excluding tert-OH is 1. The smallest absolute Gasteiger partial charge is 0.475 e. The number of rotatable bonds is 4. The van der Waals surface area contributed by atoms with Gasteiger partial charge in [-0.05, 0) is 30.5 Å². The molecule has 0 spiro atoms. The summed E-state index contributed by atoms with van der Waals surface area (Å²) < 4.78 is 31.7. The number of aliphatic carboxylic acids is 1. The number of likely N-dealkylation sites (tertiary alicyclic amines) is 1. The molecule has 0 unspecified atom stereocenters. The first-order chi connectivity index (χ1) is 12.8. The molecule has 146 valence electrons. The lowest BCUT2D eigenvalue weighted by molar-refractivity contribution is -0.192. The van der Waals surface area contributed by atoms with E-state index in [-0.39, 0.29) is 12.1 Å². The van der Waals surface area contributed by atoms with Gasteiger partial charge in [-0.2, -0.15) is 13.2 Å².